The van der Waals surface area contributed by atoms with Gasteiger partial charge in [-0.25, -0.2) is 0 Å². The van der Waals surface area contributed by atoms with Crippen molar-refractivity contribution in [3.8, 4) is 0 Å². The van der Waals surface area contributed by atoms with Crippen LogP contribution in [0, 0.1) is 0 Å². The first-order valence-electron chi connectivity index (χ1n) is 2.02. The first-order chi connectivity index (χ1) is 3.63. The van der Waals surface area contributed by atoms with Crippen LogP contribution < -0.4 is 0 Å². The van der Waals surface area contributed by atoms with E-state index in [2.05, 4.69) is 49.7 Å². The summed E-state index contributed by atoms with van der Waals surface area (Å²) in [6, 6.07) is 0. The van der Waals surface area contributed by atoms with E-state index < -0.39 is 0 Å². The molecule has 0 aromatic heterocycles. The van der Waals surface area contributed by atoms with Crippen LogP contribution in [0.1, 0.15) is 12.8 Å². The van der Waals surface area contributed by atoms with Crippen molar-refractivity contribution in [2.75, 3.05) is 0 Å². The van der Waals surface area contributed by atoms with Crippen LogP contribution in [0.25, 0.3) is 0 Å². The molecule has 0 atom stereocenters. The molecular weight excluding hydrogens is 242 g/mol. The second kappa shape index (κ2) is 7.35. The monoisotopic (exact) mass is 244 g/mol. The first kappa shape index (κ1) is 12.9. The largest absolute Gasteiger partial charge is 2.00 e. The zero-order chi connectivity index (χ0) is 6.57. The molecular formula is C4H4S4Zn. The van der Waals surface area contributed by atoms with Crippen molar-refractivity contribution < 1.29 is 19.5 Å². The summed E-state index contributed by atoms with van der Waals surface area (Å²) in [5.74, 6) is 0. The van der Waals surface area contributed by atoms with E-state index in [9.17, 15) is 0 Å². The molecule has 0 aromatic carbocycles. The van der Waals surface area contributed by atoms with E-state index in [1.54, 1.807) is 0 Å². The van der Waals surface area contributed by atoms with Gasteiger partial charge in [0.15, 0.2) is 0 Å². The topological polar surface area (TPSA) is 0 Å². The maximum absolute atomic E-state index is 4.62. The number of hydrogen-bond donors (Lipinski definition) is 0. The molecule has 0 saturated heterocycles. The van der Waals surface area contributed by atoms with Gasteiger partial charge in [-0.05, 0) is 12.8 Å². The average molecular weight is 246 g/mol. The molecule has 0 saturated carbocycles. The molecule has 0 heterocycles. The van der Waals surface area contributed by atoms with Gasteiger partial charge >= 0.3 is 19.5 Å². The van der Waals surface area contributed by atoms with Gasteiger partial charge in [0.1, 0.15) is 0 Å². The van der Waals surface area contributed by atoms with E-state index >= 15 is 0 Å². The van der Waals surface area contributed by atoms with Crippen molar-refractivity contribution in [1.82, 2.24) is 0 Å². The van der Waals surface area contributed by atoms with Gasteiger partial charge in [-0.3, -0.25) is 0 Å². The van der Waals surface area contributed by atoms with Gasteiger partial charge in [0.2, 0.25) is 0 Å². The van der Waals surface area contributed by atoms with Crippen LogP contribution in [0.3, 0.4) is 0 Å². The fourth-order valence-electron chi connectivity index (χ4n) is 0.204. The maximum atomic E-state index is 4.62. The van der Waals surface area contributed by atoms with Crippen LogP contribution >= 0.6 is 24.4 Å². The Labute approximate surface area is 89.7 Å². The quantitative estimate of drug-likeness (QED) is 0.420. The third kappa shape index (κ3) is 12.4. The maximum Gasteiger partial charge on any atom is 2.00 e. The predicted molar refractivity (Wildman–Crippen MR) is 49.2 cm³/mol. The van der Waals surface area contributed by atoms with E-state index in [4.69, 9.17) is 0 Å². The second-order valence-electron chi connectivity index (χ2n) is 1.24. The molecule has 0 unspecified atom stereocenters. The zero-order valence-corrected chi connectivity index (χ0v) is 11.0. The Morgan fingerprint density at radius 3 is 1.33 bits per heavy atom. The summed E-state index contributed by atoms with van der Waals surface area (Å²) < 4.78 is 1.13. The molecule has 0 fully saturated rings. The predicted octanol–water partition coefficient (Wildman–Crippen LogP) is 1.51. The smallest absolute Gasteiger partial charge is 0.433 e. The van der Waals surface area contributed by atoms with Crippen LogP contribution in [-0.4, -0.2) is 8.39 Å². The molecule has 5 heteroatoms. The molecule has 0 radical (unpaired) electrons. The minimum absolute atomic E-state index is 0. The van der Waals surface area contributed by atoms with Crippen LogP contribution in [0.15, 0.2) is 0 Å². The third-order valence-electron chi connectivity index (χ3n) is 0.533. The van der Waals surface area contributed by atoms with Crippen LogP contribution in [0.5, 0.6) is 0 Å². The Kier molecular flexibility index (Phi) is 10.5. The van der Waals surface area contributed by atoms with Crippen LogP contribution in [-0.2, 0) is 44.7 Å². The molecule has 0 aliphatic heterocycles. The summed E-state index contributed by atoms with van der Waals surface area (Å²) in [7, 11) is 0. The molecule has 0 amide bonds. The van der Waals surface area contributed by atoms with Gasteiger partial charge in [0.05, 0.1) is 0 Å². The van der Waals surface area contributed by atoms with E-state index in [0.29, 0.717) is 21.2 Å². The molecule has 0 nitrogen and oxygen atoms in total. The van der Waals surface area contributed by atoms with Crippen molar-refractivity contribution in [2.24, 2.45) is 0 Å². The average Bonchev–Trinajstić information content (AvgIpc) is 1.61. The summed E-state index contributed by atoms with van der Waals surface area (Å²) in [5, 5.41) is 0. The van der Waals surface area contributed by atoms with Gasteiger partial charge in [0, 0.05) is 0 Å². The SMILES string of the molecule is S=C([S-])CCC(=S)[S-].[Zn+2]. The standard InChI is InChI=1S/C4H6S4.Zn/c5-3(6)1-2-4(7)8;/h1-2H2,(H,5,6)(H,7,8);/q;+2/p-2. The van der Waals surface area contributed by atoms with Crippen LogP contribution in [0.2, 0.25) is 0 Å². The van der Waals surface area contributed by atoms with E-state index in [0.717, 1.165) is 0 Å². The van der Waals surface area contributed by atoms with Crippen molar-refractivity contribution in [3.05, 3.63) is 0 Å². The molecule has 0 spiro atoms. The molecule has 0 aliphatic carbocycles. The molecule has 0 aliphatic rings. The second-order valence-corrected chi connectivity index (χ2v) is 3.73. The number of thiocarbonyl (C=S) groups is 2. The fraction of sp³-hybridized carbons (Fsp3) is 0.500. The van der Waals surface area contributed by atoms with Crippen molar-refractivity contribution >= 4 is 58.1 Å². The van der Waals surface area contributed by atoms with Crippen molar-refractivity contribution in [3.63, 3.8) is 0 Å². The minimum Gasteiger partial charge on any atom is -0.433 e. The van der Waals surface area contributed by atoms with Gasteiger partial charge < -0.3 is 49.7 Å². The molecule has 0 aromatic rings. The summed E-state index contributed by atoms with van der Waals surface area (Å²) >= 11 is 18.5. The first-order valence-corrected chi connectivity index (χ1v) is 3.66. The Morgan fingerprint density at radius 1 is 1.00 bits per heavy atom. The summed E-state index contributed by atoms with van der Waals surface area (Å²) in [4.78, 5) is 0. The van der Waals surface area contributed by atoms with Crippen LogP contribution in [0.4, 0.5) is 0 Å². The number of rotatable bonds is 3. The van der Waals surface area contributed by atoms with E-state index in [1.807, 2.05) is 0 Å². The van der Waals surface area contributed by atoms with Crippen molar-refractivity contribution in [2.45, 2.75) is 12.8 Å². The Balaban J connectivity index is 0. The number of hydrogen-bond acceptors (Lipinski definition) is 4. The van der Waals surface area contributed by atoms with E-state index in [1.165, 1.54) is 0 Å². The molecule has 0 bridgehead atoms. The zero-order valence-electron chi connectivity index (χ0n) is 4.75. The Bertz CT molecular complexity index is 97.1. The fourth-order valence-corrected chi connectivity index (χ4v) is 0.612. The van der Waals surface area contributed by atoms with Gasteiger partial charge in [-0.15, -0.1) is 0 Å². The van der Waals surface area contributed by atoms with Gasteiger partial charge in [-0.2, -0.15) is 8.39 Å². The third-order valence-corrected chi connectivity index (χ3v) is 1.35. The van der Waals surface area contributed by atoms with E-state index in [-0.39, 0.29) is 19.5 Å². The normalized spacial score (nSPS) is 7.56. The summed E-state index contributed by atoms with van der Waals surface area (Å²) in [6.07, 6.45) is 1.38. The van der Waals surface area contributed by atoms with Crippen molar-refractivity contribution in [1.29, 1.82) is 0 Å². The Morgan fingerprint density at radius 2 is 1.22 bits per heavy atom. The summed E-state index contributed by atoms with van der Waals surface area (Å²) in [5.41, 5.74) is 0. The minimum atomic E-state index is 0. The molecule has 46 valence electrons. The van der Waals surface area contributed by atoms with Gasteiger partial charge in [-0.1, -0.05) is 0 Å². The Hall–Kier alpha value is 1.24. The molecule has 0 N–H and O–H groups in total. The molecule has 9 heavy (non-hydrogen) atoms. The molecule has 0 rings (SSSR count). The summed E-state index contributed by atoms with van der Waals surface area (Å²) in [6.45, 7) is 0. The van der Waals surface area contributed by atoms with Gasteiger partial charge in [0.25, 0.3) is 0 Å².